The summed E-state index contributed by atoms with van der Waals surface area (Å²) in [5, 5.41) is 11.6. The van der Waals surface area contributed by atoms with Crippen LogP contribution in [-0.4, -0.2) is 25.2 Å². The second kappa shape index (κ2) is 5.25. The van der Waals surface area contributed by atoms with Gasteiger partial charge in [-0.05, 0) is 26.3 Å². The molecular formula is C17H22N4O. The van der Waals surface area contributed by atoms with Crippen LogP contribution >= 0.6 is 0 Å². The van der Waals surface area contributed by atoms with E-state index >= 15 is 0 Å². The molecule has 1 atom stereocenters. The van der Waals surface area contributed by atoms with Crippen LogP contribution in [0.5, 0.6) is 0 Å². The van der Waals surface area contributed by atoms with Gasteiger partial charge in [0.25, 0.3) is 0 Å². The smallest absolute Gasteiger partial charge is 0.152 e. The molecule has 0 saturated heterocycles. The first-order valence-electron chi connectivity index (χ1n) is 7.66. The highest BCUT2D eigenvalue weighted by Gasteiger charge is 2.29. The predicted octanol–water partition coefficient (Wildman–Crippen LogP) is 3.28. The molecule has 0 aliphatic carbocycles. The number of imidazole rings is 1. The normalized spacial score (nSPS) is 13.8. The fourth-order valence-electron chi connectivity index (χ4n) is 3.11. The van der Waals surface area contributed by atoms with E-state index < -0.39 is 5.60 Å². The van der Waals surface area contributed by atoms with Gasteiger partial charge in [-0.3, -0.25) is 0 Å². The van der Waals surface area contributed by atoms with Crippen LogP contribution in [-0.2, 0) is 0 Å². The van der Waals surface area contributed by atoms with Gasteiger partial charge in [-0.15, -0.1) is 0 Å². The standard InChI is InChI=1S/C17H22N4O/c1-4-7-13(17(2,3)22)21-10-19-14-15(21)11-8-5-6-9-12(11)20-16(14)18/h5-6,8-10,13,22H,4,7H2,1-3H3,(H2,18,20). The van der Waals surface area contributed by atoms with E-state index in [-0.39, 0.29) is 6.04 Å². The molecule has 3 rings (SSSR count). The molecule has 1 aromatic carbocycles. The molecule has 0 amide bonds. The van der Waals surface area contributed by atoms with Gasteiger partial charge in [0.1, 0.15) is 5.52 Å². The Morgan fingerprint density at radius 2 is 2.05 bits per heavy atom. The number of para-hydroxylation sites is 1. The number of rotatable bonds is 4. The van der Waals surface area contributed by atoms with Gasteiger partial charge in [-0.2, -0.15) is 0 Å². The lowest BCUT2D eigenvalue weighted by Gasteiger charge is -2.31. The average molecular weight is 298 g/mol. The van der Waals surface area contributed by atoms with Gasteiger partial charge in [-0.25, -0.2) is 9.97 Å². The zero-order valence-electron chi connectivity index (χ0n) is 13.2. The lowest BCUT2D eigenvalue weighted by molar-refractivity contribution is 0.0206. The number of fused-ring (bicyclic) bond motifs is 3. The Labute approximate surface area is 129 Å². The molecular weight excluding hydrogens is 276 g/mol. The summed E-state index contributed by atoms with van der Waals surface area (Å²) >= 11 is 0. The minimum Gasteiger partial charge on any atom is -0.388 e. The number of nitrogens with two attached hydrogens (primary N) is 1. The molecule has 0 aliphatic heterocycles. The van der Waals surface area contributed by atoms with Crippen molar-refractivity contribution < 1.29 is 5.11 Å². The largest absolute Gasteiger partial charge is 0.388 e. The molecule has 5 heteroatoms. The third kappa shape index (κ3) is 2.31. The summed E-state index contributed by atoms with van der Waals surface area (Å²) in [4.78, 5) is 8.87. The van der Waals surface area contributed by atoms with Crippen molar-refractivity contribution in [1.82, 2.24) is 14.5 Å². The molecule has 2 heterocycles. The van der Waals surface area contributed by atoms with E-state index in [1.54, 1.807) is 6.33 Å². The molecule has 5 nitrogen and oxygen atoms in total. The molecule has 3 N–H and O–H groups in total. The van der Waals surface area contributed by atoms with Crippen molar-refractivity contribution in [2.75, 3.05) is 5.73 Å². The van der Waals surface area contributed by atoms with E-state index in [1.165, 1.54) is 0 Å². The Kier molecular flexibility index (Phi) is 3.53. The van der Waals surface area contributed by atoms with Crippen LogP contribution in [0.1, 0.15) is 39.7 Å². The number of benzene rings is 1. The highest BCUT2D eigenvalue weighted by molar-refractivity contribution is 6.06. The molecule has 0 aliphatic rings. The molecule has 3 aromatic rings. The van der Waals surface area contributed by atoms with E-state index in [2.05, 4.69) is 21.5 Å². The number of nitrogen functional groups attached to an aromatic ring is 1. The number of aliphatic hydroxyl groups is 1. The van der Waals surface area contributed by atoms with Crippen LogP contribution < -0.4 is 5.73 Å². The second-order valence-electron chi connectivity index (χ2n) is 6.32. The Morgan fingerprint density at radius 3 is 2.73 bits per heavy atom. The lowest BCUT2D eigenvalue weighted by Crippen LogP contribution is -2.33. The minimum atomic E-state index is -0.844. The van der Waals surface area contributed by atoms with Crippen LogP contribution in [0.4, 0.5) is 5.82 Å². The maximum absolute atomic E-state index is 10.6. The number of aromatic nitrogens is 3. The van der Waals surface area contributed by atoms with Crippen molar-refractivity contribution in [3.05, 3.63) is 30.6 Å². The number of anilines is 1. The van der Waals surface area contributed by atoms with Gasteiger partial charge in [0, 0.05) is 5.39 Å². The maximum Gasteiger partial charge on any atom is 0.152 e. The van der Waals surface area contributed by atoms with E-state index in [1.807, 2.05) is 38.1 Å². The highest BCUT2D eigenvalue weighted by atomic mass is 16.3. The van der Waals surface area contributed by atoms with E-state index in [9.17, 15) is 5.11 Å². The van der Waals surface area contributed by atoms with Gasteiger partial charge in [0.15, 0.2) is 5.82 Å². The maximum atomic E-state index is 10.6. The first kappa shape index (κ1) is 14.8. The van der Waals surface area contributed by atoms with Crippen LogP contribution in [0.3, 0.4) is 0 Å². The monoisotopic (exact) mass is 298 g/mol. The predicted molar refractivity (Wildman–Crippen MR) is 89.7 cm³/mol. The summed E-state index contributed by atoms with van der Waals surface area (Å²) in [6.45, 7) is 5.80. The Bertz CT molecular complexity index is 816. The second-order valence-corrected chi connectivity index (χ2v) is 6.32. The Hall–Kier alpha value is -2.14. The van der Waals surface area contributed by atoms with Crippen molar-refractivity contribution >= 4 is 27.8 Å². The zero-order chi connectivity index (χ0) is 15.9. The molecule has 0 radical (unpaired) electrons. The van der Waals surface area contributed by atoms with Crippen LogP contribution in [0.25, 0.3) is 21.9 Å². The van der Waals surface area contributed by atoms with Gasteiger partial charge in [0.05, 0.1) is 29.0 Å². The quantitative estimate of drug-likeness (QED) is 0.775. The lowest BCUT2D eigenvalue weighted by atomic mass is 9.94. The molecule has 0 fully saturated rings. The number of hydrogen-bond acceptors (Lipinski definition) is 4. The van der Waals surface area contributed by atoms with Gasteiger partial charge in [0.2, 0.25) is 0 Å². The third-order valence-electron chi connectivity index (χ3n) is 4.15. The number of hydrogen-bond donors (Lipinski definition) is 2. The first-order valence-corrected chi connectivity index (χ1v) is 7.66. The molecule has 0 spiro atoms. The third-order valence-corrected chi connectivity index (χ3v) is 4.15. The summed E-state index contributed by atoms with van der Waals surface area (Å²) in [5.74, 6) is 0.429. The van der Waals surface area contributed by atoms with Crippen LogP contribution in [0, 0.1) is 0 Å². The van der Waals surface area contributed by atoms with Gasteiger partial charge < -0.3 is 15.4 Å². The highest BCUT2D eigenvalue weighted by Crippen LogP contribution is 2.34. The zero-order valence-corrected chi connectivity index (χ0v) is 13.2. The molecule has 0 saturated carbocycles. The van der Waals surface area contributed by atoms with Crippen molar-refractivity contribution in [2.45, 2.75) is 45.3 Å². The Balaban J connectivity index is 2.35. The van der Waals surface area contributed by atoms with E-state index in [4.69, 9.17) is 5.73 Å². The summed E-state index contributed by atoms with van der Waals surface area (Å²) < 4.78 is 2.05. The number of pyridine rings is 1. The molecule has 1 unspecified atom stereocenters. The molecule has 0 bridgehead atoms. The fourth-order valence-corrected chi connectivity index (χ4v) is 3.11. The summed E-state index contributed by atoms with van der Waals surface area (Å²) in [6.07, 6.45) is 3.62. The summed E-state index contributed by atoms with van der Waals surface area (Å²) in [7, 11) is 0. The van der Waals surface area contributed by atoms with Crippen molar-refractivity contribution in [3.8, 4) is 0 Å². The summed E-state index contributed by atoms with van der Waals surface area (Å²) in [5.41, 5.74) is 7.72. The SMILES string of the molecule is CCCC(n1cnc2c(N)nc3ccccc3c21)C(C)(C)O. The van der Waals surface area contributed by atoms with Crippen LogP contribution in [0.15, 0.2) is 30.6 Å². The van der Waals surface area contributed by atoms with Crippen molar-refractivity contribution in [1.29, 1.82) is 0 Å². The number of nitrogens with zero attached hydrogens (tertiary/aromatic N) is 3. The fraction of sp³-hybridized carbons (Fsp3) is 0.412. The minimum absolute atomic E-state index is 0.0623. The topological polar surface area (TPSA) is 77.0 Å². The first-order chi connectivity index (χ1) is 10.4. The van der Waals surface area contributed by atoms with Crippen molar-refractivity contribution in [2.24, 2.45) is 0 Å². The van der Waals surface area contributed by atoms with Gasteiger partial charge >= 0.3 is 0 Å². The molecule has 22 heavy (non-hydrogen) atoms. The van der Waals surface area contributed by atoms with Crippen molar-refractivity contribution in [3.63, 3.8) is 0 Å². The Morgan fingerprint density at radius 1 is 1.32 bits per heavy atom. The van der Waals surface area contributed by atoms with E-state index in [0.717, 1.165) is 29.3 Å². The van der Waals surface area contributed by atoms with E-state index in [0.29, 0.717) is 11.3 Å². The average Bonchev–Trinajstić information content (AvgIpc) is 2.89. The molecule has 116 valence electrons. The summed E-state index contributed by atoms with van der Waals surface area (Å²) in [6, 6.07) is 7.83. The molecule has 2 aromatic heterocycles. The van der Waals surface area contributed by atoms with Gasteiger partial charge in [-0.1, -0.05) is 31.5 Å². The van der Waals surface area contributed by atoms with Crippen LogP contribution in [0.2, 0.25) is 0 Å².